The number of hydrogen-bond donors (Lipinski definition) is 1. The zero-order chi connectivity index (χ0) is 21.2. The Morgan fingerprint density at radius 2 is 1.79 bits per heavy atom. The van der Waals surface area contributed by atoms with Crippen LogP contribution in [0.25, 0.3) is 5.82 Å². The van der Waals surface area contributed by atoms with E-state index in [-0.39, 0.29) is 16.9 Å². The second kappa shape index (κ2) is 7.80. The average Bonchev–Trinajstić information content (AvgIpc) is 3.10. The van der Waals surface area contributed by atoms with Crippen LogP contribution in [0.5, 0.6) is 5.88 Å². The Morgan fingerprint density at radius 3 is 2.32 bits per heavy atom. The highest BCUT2D eigenvalue weighted by Crippen LogP contribution is 2.36. The standard InChI is InChI=1S/C15H18F6N6O/c1-13(2,3)4-23-9-10(27-8-22-6-26-27)24-7-25-11(9)28-5-14(17,18)12(16)15(19,20)21/h6-8,12,23H,4-5H2,1-3H3. The molecule has 13 heteroatoms. The number of hydrogen-bond acceptors (Lipinski definition) is 6. The summed E-state index contributed by atoms with van der Waals surface area (Å²) in [6, 6.07) is 0. The van der Waals surface area contributed by atoms with Gasteiger partial charge in [-0.05, 0) is 5.41 Å². The Balaban J connectivity index is 2.31. The molecular weight excluding hydrogens is 394 g/mol. The highest BCUT2D eigenvalue weighted by Gasteiger charge is 2.57. The van der Waals surface area contributed by atoms with E-state index in [2.05, 4.69) is 25.4 Å². The molecule has 0 spiro atoms. The van der Waals surface area contributed by atoms with Gasteiger partial charge in [0.25, 0.3) is 6.17 Å². The van der Waals surface area contributed by atoms with Crippen molar-refractivity contribution in [2.45, 2.75) is 39.0 Å². The van der Waals surface area contributed by atoms with Crippen LogP contribution in [0.15, 0.2) is 19.0 Å². The van der Waals surface area contributed by atoms with Gasteiger partial charge in [0.15, 0.2) is 12.4 Å². The molecule has 0 fully saturated rings. The Kier molecular flexibility index (Phi) is 6.04. The molecule has 1 unspecified atom stereocenters. The predicted octanol–water partition coefficient (Wildman–Crippen LogP) is 3.43. The van der Waals surface area contributed by atoms with Gasteiger partial charge in [-0.1, -0.05) is 20.8 Å². The van der Waals surface area contributed by atoms with Gasteiger partial charge in [0.1, 0.15) is 24.7 Å². The second-order valence-corrected chi connectivity index (χ2v) is 7.09. The predicted molar refractivity (Wildman–Crippen MR) is 86.3 cm³/mol. The number of ether oxygens (including phenoxy) is 1. The van der Waals surface area contributed by atoms with Gasteiger partial charge in [-0.15, -0.1) is 0 Å². The molecule has 0 aliphatic rings. The molecule has 0 aliphatic heterocycles. The monoisotopic (exact) mass is 412 g/mol. The number of alkyl halides is 6. The minimum absolute atomic E-state index is 0.00106. The molecule has 0 radical (unpaired) electrons. The van der Waals surface area contributed by atoms with E-state index in [0.717, 1.165) is 6.33 Å². The summed E-state index contributed by atoms with van der Waals surface area (Å²) in [5, 5.41) is 6.77. The molecule has 0 saturated carbocycles. The van der Waals surface area contributed by atoms with Crippen LogP contribution in [0.2, 0.25) is 0 Å². The zero-order valence-corrected chi connectivity index (χ0v) is 15.1. The fraction of sp³-hybridized carbons (Fsp3) is 0.600. The quantitative estimate of drug-likeness (QED) is 0.703. The van der Waals surface area contributed by atoms with E-state index in [1.54, 1.807) is 0 Å². The van der Waals surface area contributed by atoms with Crippen LogP contribution in [-0.4, -0.2) is 56.2 Å². The first kappa shape index (κ1) is 21.7. The van der Waals surface area contributed by atoms with Gasteiger partial charge in [-0.25, -0.2) is 19.0 Å². The van der Waals surface area contributed by atoms with Crippen LogP contribution in [0, 0.1) is 5.41 Å². The summed E-state index contributed by atoms with van der Waals surface area (Å²) in [6.07, 6.45) is -6.69. The Hall–Kier alpha value is -2.60. The minimum atomic E-state index is -5.72. The highest BCUT2D eigenvalue weighted by molar-refractivity contribution is 5.63. The second-order valence-electron chi connectivity index (χ2n) is 7.09. The molecule has 0 aromatic carbocycles. The molecule has 0 amide bonds. The van der Waals surface area contributed by atoms with Crippen LogP contribution >= 0.6 is 0 Å². The van der Waals surface area contributed by atoms with Crippen LogP contribution in [0.3, 0.4) is 0 Å². The zero-order valence-electron chi connectivity index (χ0n) is 15.1. The van der Waals surface area contributed by atoms with Gasteiger partial charge in [-0.2, -0.15) is 32.0 Å². The number of nitrogens with zero attached hydrogens (tertiary/aromatic N) is 5. The van der Waals surface area contributed by atoms with Gasteiger partial charge in [0.05, 0.1) is 0 Å². The van der Waals surface area contributed by atoms with Crippen molar-refractivity contribution in [2.24, 2.45) is 5.41 Å². The van der Waals surface area contributed by atoms with Crippen LogP contribution in [0.1, 0.15) is 20.8 Å². The Labute approximate surface area is 156 Å². The lowest BCUT2D eigenvalue weighted by Gasteiger charge is -2.24. The van der Waals surface area contributed by atoms with Crippen LogP contribution in [0.4, 0.5) is 32.0 Å². The fourth-order valence-corrected chi connectivity index (χ4v) is 1.95. The van der Waals surface area contributed by atoms with Crippen molar-refractivity contribution in [3.05, 3.63) is 19.0 Å². The molecule has 156 valence electrons. The van der Waals surface area contributed by atoms with Crippen LogP contribution < -0.4 is 10.1 Å². The number of rotatable bonds is 7. The maximum Gasteiger partial charge on any atom is 0.425 e. The van der Waals surface area contributed by atoms with Gasteiger partial charge < -0.3 is 10.1 Å². The molecular formula is C15H18F6N6O. The minimum Gasteiger partial charge on any atom is -0.470 e. The average molecular weight is 412 g/mol. The Morgan fingerprint density at radius 1 is 1.11 bits per heavy atom. The summed E-state index contributed by atoms with van der Waals surface area (Å²) in [5.74, 6) is -5.21. The summed E-state index contributed by atoms with van der Waals surface area (Å²) >= 11 is 0. The van der Waals surface area contributed by atoms with Crippen molar-refractivity contribution in [2.75, 3.05) is 18.5 Å². The van der Waals surface area contributed by atoms with Crippen molar-refractivity contribution >= 4 is 5.69 Å². The number of anilines is 1. The molecule has 2 rings (SSSR count). The third kappa shape index (κ3) is 5.45. The molecule has 28 heavy (non-hydrogen) atoms. The first-order valence-corrected chi connectivity index (χ1v) is 7.96. The van der Waals surface area contributed by atoms with E-state index in [0.29, 0.717) is 6.54 Å². The SMILES string of the molecule is CC(C)(C)CNc1c(OCC(F)(F)C(F)C(F)(F)F)ncnc1-n1cncn1. The van der Waals surface area contributed by atoms with E-state index in [4.69, 9.17) is 4.74 Å². The van der Waals surface area contributed by atoms with E-state index in [1.165, 1.54) is 17.3 Å². The third-order valence-electron chi connectivity index (χ3n) is 3.28. The maximum atomic E-state index is 13.6. The molecule has 2 aromatic heterocycles. The van der Waals surface area contributed by atoms with Crippen molar-refractivity contribution in [3.63, 3.8) is 0 Å². The lowest BCUT2D eigenvalue weighted by atomic mass is 9.97. The van der Waals surface area contributed by atoms with E-state index in [9.17, 15) is 26.3 Å². The van der Waals surface area contributed by atoms with E-state index >= 15 is 0 Å². The fourth-order valence-electron chi connectivity index (χ4n) is 1.95. The third-order valence-corrected chi connectivity index (χ3v) is 3.28. The van der Waals surface area contributed by atoms with Crippen LogP contribution in [-0.2, 0) is 0 Å². The molecule has 1 N–H and O–H groups in total. The molecule has 1 atom stereocenters. The molecule has 7 nitrogen and oxygen atoms in total. The van der Waals surface area contributed by atoms with Gasteiger partial charge in [0, 0.05) is 6.54 Å². The summed E-state index contributed by atoms with van der Waals surface area (Å²) in [6.45, 7) is 4.08. The summed E-state index contributed by atoms with van der Waals surface area (Å²) in [5.41, 5.74) is -0.266. The van der Waals surface area contributed by atoms with Crippen molar-refractivity contribution in [1.29, 1.82) is 0 Å². The lowest BCUT2D eigenvalue weighted by Crippen LogP contribution is -2.45. The van der Waals surface area contributed by atoms with E-state index < -0.39 is 30.8 Å². The molecule has 0 bridgehead atoms. The first-order valence-electron chi connectivity index (χ1n) is 7.96. The smallest absolute Gasteiger partial charge is 0.425 e. The topological polar surface area (TPSA) is 77.8 Å². The molecule has 2 heterocycles. The molecule has 2 aromatic rings. The van der Waals surface area contributed by atoms with Crippen molar-refractivity contribution < 1.29 is 31.1 Å². The first-order chi connectivity index (χ1) is 12.8. The largest absolute Gasteiger partial charge is 0.470 e. The van der Waals surface area contributed by atoms with Gasteiger partial charge in [0.2, 0.25) is 5.88 Å². The van der Waals surface area contributed by atoms with Gasteiger partial charge in [-0.3, -0.25) is 0 Å². The molecule has 0 aliphatic carbocycles. The van der Waals surface area contributed by atoms with Crippen molar-refractivity contribution in [3.8, 4) is 11.7 Å². The summed E-state index contributed by atoms with van der Waals surface area (Å²) in [4.78, 5) is 11.4. The van der Waals surface area contributed by atoms with E-state index in [1.807, 2.05) is 20.8 Å². The lowest BCUT2D eigenvalue weighted by molar-refractivity contribution is -0.250. The normalized spacial score (nSPS) is 14.0. The number of aromatic nitrogens is 5. The summed E-state index contributed by atoms with van der Waals surface area (Å²) < 4.78 is 83.0. The summed E-state index contributed by atoms with van der Waals surface area (Å²) in [7, 11) is 0. The number of halogens is 6. The maximum absolute atomic E-state index is 13.6. The van der Waals surface area contributed by atoms with Crippen molar-refractivity contribution in [1.82, 2.24) is 24.7 Å². The number of nitrogens with one attached hydrogen (secondary N) is 1. The molecule has 0 saturated heterocycles. The Bertz CT molecular complexity index is 774. The highest BCUT2D eigenvalue weighted by atomic mass is 19.4. The van der Waals surface area contributed by atoms with Gasteiger partial charge >= 0.3 is 12.1 Å².